The number of benzene rings is 1. The second kappa shape index (κ2) is 7.11. The highest BCUT2D eigenvalue weighted by atomic mass is 32.2. The topological polar surface area (TPSA) is 43.9 Å². The number of nitrogens with zero attached hydrogens (tertiary/aromatic N) is 3. The molecule has 0 aliphatic carbocycles. The second-order valence-corrected chi connectivity index (χ2v) is 7.74. The van der Waals surface area contributed by atoms with Crippen LogP contribution in [-0.2, 0) is 10.2 Å². The molecule has 8 heteroatoms. The van der Waals surface area contributed by atoms with Gasteiger partial charge in [-0.25, -0.2) is 8.78 Å². The summed E-state index contributed by atoms with van der Waals surface area (Å²) >= 11 is 0. The fraction of sp³-hybridized carbons (Fsp3) is 0.600. The maximum Gasteiger partial charge on any atom is 0.282 e. The van der Waals surface area contributed by atoms with Gasteiger partial charge in [0.1, 0.15) is 11.6 Å². The van der Waals surface area contributed by atoms with E-state index in [0.717, 1.165) is 6.07 Å². The van der Waals surface area contributed by atoms with E-state index in [1.165, 1.54) is 20.7 Å². The minimum Gasteiger partial charge on any atom is -0.368 e. The van der Waals surface area contributed by atoms with Crippen LogP contribution in [0.2, 0.25) is 0 Å². The molecule has 130 valence electrons. The molecule has 0 bridgehead atoms. The first kappa shape index (κ1) is 18.1. The lowest BCUT2D eigenvalue weighted by molar-refractivity contribution is 0.318. The van der Waals surface area contributed by atoms with Crippen molar-refractivity contribution in [3.05, 3.63) is 29.8 Å². The van der Waals surface area contributed by atoms with Gasteiger partial charge in [-0.05, 0) is 25.5 Å². The predicted molar refractivity (Wildman–Crippen MR) is 86.6 cm³/mol. The zero-order chi connectivity index (χ0) is 17.2. The van der Waals surface area contributed by atoms with Gasteiger partial charge < -0.3 is 4.90 Å². The molecule has 1 aliphatic rings. The average Bonchev–Trinajstić information content (AvgIpc) is 2.68. The third-order valence-corrected chi connectivity index (χ3v) is 6.47. The highest BCUT2D eigenvalue weighted by molar-refractivity contribution is 7.86. The van der Waals surface area contributed by atoms with E-state index < -0.39 is 21.8 Å². The summed E-state index contributed by atoms with van der Waals surface area (Å²) in [7, 11) is -1.97. The SMILES string of the molecule is CCN(C)S(=O)(=O)N1CCN(c2ccc(F)cc2F)CCC1C. The zero-order valence-corrected chi connectivity index (χ0v) is 14.5. The van der Waals surface area contributed by atoms with E-state index in [0.29, 0.717) is 31.7 Å². The zero-order valence-electron chi connectivity index (χ0n) is 13.7. The summed E-state index contributed by atoms with van der Waals surface area (Å²) in [6.07, 6.45) is 0.577. The summed E-state index contributed by atoms with van der Waals surface area (Å²) in [5.74, 6) is -1.25. The Balaban J connectivity index is 2.21. The lowest BCUT2D eigenvalue weighted by atomic mass is 10.2. The Morgan fingerprint density at radius 2 is 1.96 bits per heavy atom. The van der Waals surface area contributed by atoms with Crippen LogP contribution in [0.5, 0.6) is 0 Å². The van der Waals surface area contributed by atoms with Crippen LogP contribution in [0.3, 0.4) is 0 Å². The Hall–Kier alpha value is -1.25. The van der Waals surface area contributed by atoms with Gasteiger partial charge in [0.25, 0.3) is 10.2 Å². The molecule has 2 rings (SSSR count). The maximum absolute atomic E-state index is 14.0. The van der Waals surface area contributed by atoms with Gasteiger partial charge in [-0.1, -0.05) is 6.92 Å². The fourth-order valence-corrected chi connectivity index (χ4v) is 4.26. The van der Waals surface area contributed by atoms with Crippen LogP contribution < -0.4 is 4.90 Å². The van der Waals surface area contributed by atoms with Gasteiger partial charge in [0.2, 0.25) is 0 Å². The molecule has 1 atom stereocenters. The minimum atomic E-state index is -3.52. The van der Waals surface area contributed by atoms with Gasteiger partial charge in [-0.15, -0.1) is 0 Å². The maximum atomic E-state index is 14.0. The first-order valence-corrected chi connectivity index (χ1v) is 9.10. The van der Waals surface area contributed by atoms with E-state index in [9.17, 15) is 17.2 Å². The molecule has 1 saturated heterocycles. The van der Waals surface area contributed by atoms with E-state index in [1.54, 1.807) is 18.9 Å². The molecule has 1 unspecified atom stereocenters. The molecule has 0 saturated carbocycles. The van der Waals surface area contributed by atoms with Gasteiger partial charge in [0.05, 0.1) is 5.69 Å². The van der Waals surface area contributed by atoms with E-state index in [4.69, 9.17) is 0 Å². The van der Waals surface area contributed by atoms with E-state index in [2.05, 4.69) is 0 Å². The van der Waals surface area contributed by atoms with Gasteiger partial charge in [0.15, 0.2) is 0 Å². The number of hydrogen-bond donors (Lipinski definition) is 0. The predicted octanol–water partition coefficient (Wildman–Crippen LogP) is 2.06. The van der Waals surface area contributed by atoms with E-state index in [-0.39, 0.29) is 12.6 Å². The summed E-state index contributed by atoms with van der Waals surface area (Å²) in [4.78, 5) is 1.77. The lowest BCUT2D eigenvalue weighted by Crippen LogP contribution is -2.47. The molecule has 0 radical (unpaired) electrons. The van der Waals surface area contributed by atoms with Crippen LogP contribution in [0.4, 0.5) is 14.5 Å². The van der Waals surface area contributed by atoms with Crippen LogP contribution in [-0.4, -0.2) is 56.3 Å². The van der Waals surface area contributed by atoms with Crippen LogP contribution in [0.15, 0.2) is 18.2 Å². The first-order valence-electron chi connectivity index (χ1n) is 7.70. The Morgan fingerprint density at radius 3 is 2.57 bits per heavy atom. The molecular formula is C15H23F2N3O2S. The van der Waals surface area contributed by atoms with Crippen molar-refractivity contribution < 1.29 is 17.2 Å². The summed E-state index contributed by atoms with van der Waals surface area (Å²) in [5.41, 5.74) is 0.307. The number of hydrogen-bond acceptors (Lipinski definition) is 3. The first-order chi connectivity index (χ1) is 10.8. The van der Waals surface area contributed by atoms with Crippen molar-refractivity contribution in [2.24, 2.45) is 0 Å². The number of anilines is 1. The largest absolute Gasteiger partial charge is 0.368 e. The van der Waals surface area contributed by atoms with Gasteiger partial charge in [0, 0.05) is 45.3 Å². The summed E-state index contributed by atoms with van der Waals surface area (Å²) in [5, 5.41) is 0. The Kier molecular flexibility index (Phi) is 5.59. The van der Waals surface area contributed by atoms with Gasteiger partial charge >= 0.3 is 0 Å². The van der Waals surface area contributed by atoms with Gasteiger partial charge in [-0.3, -0.25) is 0 Å². The third kappa shape index (κ3) is 3.81. The quantitative estimate of drug-likeness (QED) is 0.837. The minimum absolute atomic E-state index is 0.178. The molecule has 1 aromatic carbocycles. The molecule has 0 N–H and O–H groups in total. The monoisotopic (exact) mass is 347 g/mol. The van der Waals surface area contributed by atoms with Gasteiger partial charge in [-0.2, -0.15) is 17.0 Å². The van der Waals surface area contributed by atoms with Crippen molar-refractivity contribution in [3.8, 4) is 0 Å². The smallest absolute Gasteiger partial charge is 0.282 e. The molecule has 5 nitrogen and oxygen atoms in total. The third-order valence-electron chi connectivity index (χ3n) is 4.28. The van der Waals surface area contributed by atoms with Crippen LogP contribution >= 0.6 is 0 Å². The second-order valence-electron chi connectivity index (χ2n) is 5.75. The summed E-state index contributed by atoms with van der Waals surface area (Å²) in [6.45, 7) is 5.17. The summed E-state index contributed by atoms with van der Waals surface area (Å²) in [6, 6.07) is 3.29. The van der Waals surface area contributed by atoms with Crippen molar-refractivity contribution in [2.75, 3.05) is 38.1 Å². The molecule has 1 fully saturated rings. The molecule has 1 heterocycles. The molecule has 1 aromatic rings. The van der Waals surface area contributed by atoms with Crippen molar-refractivity contribution in [1.29, 1.82) is 0 Å². The van der Waals surface area contributed by atoms with Crippen molar-refractivity contribution in [2.45, 2.75) is 26.3 Å². The lowest BCUT2D eigenvalue weighted by Gasteiger charge is -2.29. The number of rotatable bonds is 4. The van der Waals surface area contributed by atoms with Crippen molar-refractivity contribution >= 4 is 15.9 Å². The van der Waals surface area contributed by atoms with E-state index in [1.807, 2.05) is 6.92 Å². The fourth-order valence-electron chi connectivity index (χ4n) is 2.70. The van der Waals surface area contributed by atoms with Crippen LogP contribution in [0.1, 0.15) is 20.3 Å². The molecule has 23 heavy (non-hydrogen) atoms. The molecule has 1 aliphatic heterocycles. The highest BCUT2D eigenvalue weighted by Crippen LogP contribution is 2.24. The van der Waals surface area contributed by atoms with E-state index >= 15 is 0 Å². The Bertz CT molecular complexity index is 654. The Labute approximate surface area is 136 Å². The molecule has 0 aromatic heterocycles. The highest BCUT2D eigenvalue weighted by Gasteiger charge is 2.33. The van der Waals surface area contributed by atoms with Crippen LogP contribution in [0, 0.1) is 11.6 Å². The number of halogens is 2. The molecule has 0 spiro atoms. The Morgan fingerprint density at radius 1 is 1.26 bits per heavy atom. The molecular weight excluding hydrogens is 324 g/mol. The van der Waals surface area contributed by atoms with Crippen LogP contribution in [0.25, 0.3) is 0 Å². The van der Waals surface area contributed by atoms with Crippen molar-refractivity contribution in [1.82, 2.24) is 8.61 Å². The normalized spacial score (nSPS) is 20.8. The standard InChI is InChI=1S/C15H23F2N3O2S/c1-4-18(3)23(21,22)20-10-9-19(8-7-12(20)2)15-6-5-13(16)11-14(15)17/h5-6,11-12H,4,7-10H2,1-3H3. The average molecular weight is 347 g/mol. The molecule has 0 amide bonds. The van der Waals surface area contributed by atoms with Crippen molar-refractivity contribution in [3.63, 3.8) is 0 Å². The summed E-state index contributed by atoms with van der Waals surface area (Å²) < 4.78 is 54.9.